The van der Waals surface area contributed by atoms with Gasteiger partial charge in [0.15, 0.2) is 0 Å². The van der Waals surface area contributed by atoms with E-state index in [1.807, 2.05) is 0 Å². The van der Waals surface area contributed by atoms with Crippen LogP contribution in [0.2, 0.25) is 0 Å². The van der Waals surface area contributed by atoms with Gasteiger partial charge in [0.25, 0.3) is 0 Å². The Hall–Kier alpha value is -1.48. The van der Waals surface area contributed by atoms with Crippen molar-refractivity contribution in [2.45, 2.75) is 11.7 Å². The van der Waals surface area contributed by atoms with E-state index >= 15 is 0 Å². The number of esters is 1. The van der Waals surface area contributed by atoms with E-state index in [-0.39, 0.29) is 17.8 Å². The van der Waals surface area contributed by atoms with Crippen LogP contribution in [0.3, 0.4) is 0 Å². The zero-order chi connectivity index (χ0) is 15.8. The molecule has 1 unspecified atom stereocenters. The molecule has 6 nitrogen and oxygen atoms in total. The number of anilines is 1. The van der Waals surface area contributed by atoms with E-state index in [1.54, 1.807) is 6.07 Å². The van der Waals surface area contributed by atoms with Crippen LogP contribution in [0.25, 0.3) is 0 Å². The molecule has 0 aromatic heterocycles. The van der Waals surface area contributed by atoms with Gasteiger partial charge in [-0.2, -0.15) is 8.42 Å². The van der Waals surface area contributed by atoms with E-state index in [1.165, 1.54) is 19.2 Å². The molecule has 114 valence electrons. The average Bonchev–Trinajstić information content (AvgIpc) is 2.79. The van der Waals surface area contributed by atoms with E-state index in [0.29, 0.717) is 4.47 Å². The summed E-state index contributed by atoms with van der Waals surface area (Å²) in [5.74, 6) is -1.23. The van der Waals surface area contributed by atoms with Gasteiger partial charge in [-0.3, -0.25) is 4.79 Å². The van der Waals surface area contributed by atoms with Crippen LogP contribution in [0.15, 0.2) is 22.7 Å². The molecular formula is C12H11BrFNO5S. The van der Waals surface area contributed by atoms with Crippen molar-refractivity contribution in [2.75, 3.05) is 18.6 Å². The summed E-state index contributed by atoms with van der Waals surface area (Å²) >= 11 is 3.21. The number of amides is 1. The Labute approximate surface area is 129 Å². The summed E-state index contributed by atoms with van der Waals surface area (Å²) in [6.45, 7) is -0.335. The van der Waals surface area contributed by atoms with Crippen LogP contribution in [0.4, 0.5) is 9.57 Å². The van der Waals surface area contributed by atoms with E-state index in [9.17, 15) is 21.9 Å². The van der Waals surface area contributed by atoms with Crippen LogP contribution in [0.5, 0.6) is 0 Å². The van der Waals surface area contributed by atoms with Gasteiger partial charge in [-0.1, -0.05) is 15.9 Å². The minimum atomic E-state index is -4.82. The van der Waals surface area contributed by atoms with Crippen LogP contribution >= 0.6 is 15.9 Å². The first-order valence-corrected chi connectivity index (χ1v) is 8.09. The SMILES string of the molecule is COC(=O)c1ccc(Br)cc1N1CC(S(=O)(=O)F)CC1=O. The lowest BCUT2D eigenvalue weighted by Gasteiger charge is -2.19. The van der Waals surface area contributed by atoms with Crippen molar-refractivity contribution in [3.63, 3.8) is 0 Å². The fourth-order valence-electron chi connectivity index (χ4n) is 2.11. The first-order valence-electron chi connectivity index (χ1n) is 5.85. The van der Waals surface area contributed by atoms with Crippen LogP contribution in [0, 0.1) is 0 Å². The number of hydrogen-bond donors (Lipinski definition) is 0. The van der Waals surface area contributed by atoms with Crippen molar-refractivity contribution in [3.8, 4) is 0 Å². The molecule has 0 saturated carbocycles. The van der Waals surface area contributed by atoms with Crippen LogP contribution < -0.4 is 4.90 Å². The Kier molecular flexibility index (Phi) is 4.33. The van der Waals surface area contributed by atoms with E-state index in [0.717, 1.165) is 4.90 Å². The second-order valence-electron chi connectivity index (χ2n) is 4.46. The second-order valence-corrected chi connectivity index (χ2v) is 6.99. The molecule has 1 atom stereocenters. The highest BCUT2D eigenvalue weighted by Gasteiger charge is 2.40. The molecule has 0 bridgehead atoms. The van der Waals surface area contributed by atoms with Gasteiger partial charge in [0, 0.05) is 17.4 Å². The van der Waals surface area contributed by atoms with Gasteiger partial charge in [-0.15, -0.1) is 3.89 Å². The molecule has 1 saturated heterocycles. The minimum absolute atomic E-state index is 0.103. The summed E-state index contributed by atoms with van der Waals surface area (Å²) in [5.41, 5.74) is 0.290. The smallest absolute Gasteiger partial charge is 0.339 e. The van der Waals surface area contributed by atoms with Crippen molar-refractivity contribution in [2.24, 2.45) is 0 Å². The predicted octanol–water partition coefficient (Wildman–Crippen LogP) is 1.64. The monoisotopic (exact) mass is 379 g/mol. The highest BCUT2D eigenvalue weighted by Crippen LogP contribution is 2.31. The molecule has 1 aromatic rings. The Balaban J connectivity index is 2.45. The lowest BCUT2D eigenvalue weighted by Crippen LogP contribution is -2.28. The molecule has 1 aliphatic heterocycles. The number of rotatable bonds is 3. The van der Waals surface area contributed by atoms with Crippen LogP contribution in [-0.2, 0) is 19.8 Å². The van der Waals surface area contributed by atoms with Crippen molar-refractivity contribution in [3.05, 3.63) is 28.2 Å². The van der Waals surface area contributed by atoms with Gasteiger partial charge >= 0.3 is 16.2 Å². The van der Waals surface area contributed by atoms with Gasteiger partial charge in [0.05, 0.1) is 18.4 Å². The Morgan fingerprint density at radius 1 is 1.48 bits per heavy atom. The zero-order valence-electron chi connectivity index (χ0n) is 10.9. The fraction of sp³-hybridized carbons (Fsp3) is 0.333. The van der Waals surface area contributed by atoms with Gasteiger partial charge in [0.2, 0.25) is 5.91 Å². The lowest BCUT2D eigenvalue weighted by atomic mass is 10.1. The number of carbonyl (C=O) groups is 2. The Bertz CT molecular complexity index is 706. The van der Waals surface area contributed by atoms with Crippen LogP contribution in [-0.4, -0.2) is 39.2 Å². The molecule has 1 aliphatic rings. The van der Waals surface area contributed by atoms with Gasteiger partial charge in [-0.05, 0) is 18.2 Å². The minimum Gasteiger partial charge on any atom is -0.465 e. The van der Waals surface area contributed by atoms with Crippen molar-refractivity contribution in [1.82, 2.24) is 0 Å². The molecule has 0 N–H and O–H groups in total. The Morgan fingerprint density at radius 3 is 2.67 bits per heavy atom. The van der Waals surface area contributed by atoms with E-state index < -0.39 is 33.8 Å². The second kappa shape index (κ2) is 5.72. The molecule has 2 rings (SSSR count). The molecule has 9 heteroatoms. The average molecular weight is 380 g/mol. The summed E-state index contributed by atoms with van der Waals surface area (Å²) in [7, 11) is -3.63. The molecule has 0 radical (unpaired) electrons. The van der Waals surface area contributed by atoms with Crippen molar-refractivity contribution < 1.29 is 26.6 Å². The molecular weight excluding hydrogens is 369 g/mol. The quantitative estimate of drug-likeness (QED) is 0.588. The van der Waals surface area contributed by atoms with Gasteiger partial charge in [0.1, 0.15) is 5.25 Å². The number of hydrogen-bond acceptors (Lipinski definition) is 5. The first-order chi connectivity index (χ1) is 9.74. The van der Waals surface area contributed by atoms with E-state index in [4.69, 9.17) is 0 Å². The zero-order valence-corrected chi connectivity index (χ0v) is 13.3. The highest BCUT2D eigenvalue weighted by atomic mass is 79.9. The standard InChI is InChI=1S/C12H11BrFNO5S/c1-20-12(17)9-3-2-7(13)4-10(9)15-6-8(5-11(15)16)21(14,18)19/h2-4,8H,5-6H2,1H3. The molecule has 1 fully saturated rings. The topological polar surface area (TPSA) is 80.8 Å². The summed E-state index contributed by atoms with van der Waals surface area (Å²) in [5, 5.41) is -1.42. The van der Waals surface area contributed by atoms with Gasteiger partial charge in [-0.25, -0.2) is 4.79 Å². The molecule has 1 aromatic carbocycles. The number of halogens is 2. The summed E-state index contributed by atoms with van der Waals surface area (Å²) in [4.78, 5) is 24.7. The third-order valence-corrected chi connectivity index (χ3v) is 4.75. The van der Waals surface area contributed by atoms with Crippen molar-refractivity contribution >= 4 is 43.7 Å². The summed E-state index contributed by atoms with van der Waals surface area (Å²) < 4.78 is 40.2. The third kappa shape index (κ3) is 3.24. The molecule has 21 heavy (non-hydrogen) atoms. The normalized spacial score (nSPS) is 18.9. The maximum absolute atomic E-state index is 13.1. The maximum atomic E-state index is 13.1. The summed E-state index contributed by atoms with van der Waals surface area (Å²) in [6, 6.07) is 4.51. The lowest BCUT2D eigenvalue weighted by molar-refractivity contribution is -0.117. The predicted molar refractivity (Wildman–Crippen MR) is 76.3 cm³/mol. The molecule has 1 heterocycles. The highest BCUT2D eigenvalue weighted by molar-refractivity contribution is 9.10. The van der Waals surface area contributed by atoms with Crippen LogP contribution in [0.1, 0.15) is 16.8 Å². The number of methoxy groups -OCH3 is 1. The number of benzene rings is 1. The number of nitrogens with zero attached hydrogens (tertiary/aromatic N) is 1. The third-order valence-electron chi connectivity index (χ3n) is 3.14. The molecule has 0 aliphatic carbocycles. The largest absolute Gasteiger partial charge is 0.465 e. The number of carbonyl (C=O) groups excluding carboxylic acids is 2. The molecule has 1 amide bonds. The Morgan fingerprint density at radius 2 is 2.14 bits per heavy atom. The number of ether oxygens (including phenoxy) is 1. The fourth-order valence-corrected chi connectivity index (χ4v) is 3.12. The first kappa shape index (κ1) is 15.9. The van der Waals surface area contributed by atoms with Crippen molar-refractivity contribution in [1.29, 1.82) is 0 Å². The van der Waals surface area contributed by atoms with Gasteiger partial charge < -0.3 is 9.64 Å². The maximum Gasteiger partial charge on any atom is 0.339 e. The molecule has 0 spiro atoms. The summed E-state index contributed by atoms with van der Waals surface area (Å²) in [6.07, 6.45) is -0.452. The van der Waals surface area contributed by atoms with E-state index in [2.05, 4.69) is 20.7 Å².